The Labute approximate surface area is 148 Å². The van der Waals surface area contributed by atoms with Crippen LogP contribution in [0.1, 0.15) is 40.8 Å². The Hall–Kier alpha value is -2.11. The summed E-state index contributed by atoms with van der Waals surface area (Å²) < 4.78 is 5.61. The van der Waals surface area contributed by atoms with Crippen molar-refractivity contribution in [2.24, 2.45) is 0 Å². The average molecular weight is 342 g/mol. The van der Waals surface area contributed by atoms with E-state index in [-0.39, 0.29) is 18.1 Å². The highest BCUT2D eigenvalue weighted by Gasteiger charge is 2.31. The third kappa shape index (κ3) is 4.30. The lowest BCUT2D eigenvalue weighted by Gasteiger charge is -2.24. The lowest BCUT2D eigenvalue weighted by molar-refractivity contribution is 0.0909. The van der Waals surface area contributed by atoms with Gasteiger partial charge in [-0.2, -0.15) is 0 Å². The molecule has 1 aromatic heterocycles. The van der Waals surface area contributed by atoms with Crippen LogP contribution in [0, 0.1) is 6.92 Å². The number of furan rings is 1. The van der Waals surface area contributed by atoms with E-state index in [0.717, 1.165) is 24.3 Å². The minimum Gasteiger partial charge on any atom is -0.456 e. The van der Waals surface area contributed by atoms with Crippen molar-refractivity contribution in [3.8, 4) is 0 Å². The summed E-state index contributed by atoms with van der Waals surface area (Å²) in [6, 6.07) is 12.2. The van der Waals surface area contributed by atoms with Gasteiger partial charge in [0.05, 0.1) is 6.10 Å². The van der Waals surface area contributed by atoms with Crippen LogP contribution in [-0.2, 0) is 13.0 Å². The van der Waals surface area contributed by atoms with Gasteiger partial charge in [0.2, 0.25) is 0 Å². The van der Waals surface area contributed by atoms with Gasteiger partial charge in [0, 0.05) is 37.7 Å². The number of amides is 1. The van der Waals surface area contributed by atoms with Gasteiger partial charge in [0.25, 0.3) is 5.91 Å². The Morgan fingerprint density at radius 3 is 2.80 bits per heavy atom. The number of aliphatic hydroxyl groups is 1. The highest BCUT2D eigenvalue weighted by Crippen LogP contribution is 2.21. The number of carbonyl (C=O) groups excluding carboxylic acids is 1. The number of nitrogens with one attached hydrogen (secondary N) is 1. The third-order valence-corrected chi connectivity index (χ3v) is 4.76. The average Bonchev–Trinajstić information content (AvgIpc) is 3.16. The summed E-state index contributed by atoms with van der Waals surface area (Å²) in [4.78, 5) is 14.6. The van der Waals surface area contributed by atoms with Crippen molar-refractivity contribution in [3.05, 3.63) is 59.0 Å². The number of aryl methyl sites for hydroxylation is 2. The molecule has 1 saturated heterocycles. The minimum absolute atomic E-state index is 0.125. The van der Waals surface area contributed by atoms with Crippen LogP contribution in [-0.4, -0.2) is 41.1 Å². The van der Waals surface area contributed by atoms with Crippen LogP contribution in [0.15, 0.2) is 40.8 Å². The first-order valence-corrected chi connectivity index (χ1v) is 8.90. The van der Waals surface area contributed by atoms with E-state index in [1.807, 2.05) is 38.1 Å². The molecule has 1 aromatic carbocycles. The van der Waals surface area contributed by atoms with E-state index in [9.17, 15) is 9.90 Å². The van der Waals surface area contributed by atoms with E-state index < -0.39 is 0 Å². The summed E-state index contributed by atoms with van der Waals surface area (Å²) in [5, 5.41) is 13.0. The maximum atomic E-state index is 12.4. The fourth-order valence-corrected chi connectivity index (χ4v) is 3.42. The summed E-state index contributed by atoms with van der Waals surface area (Å²) in [5.74, 6) is 1.04. The molecule has 1 amide bonds. The van der Waals surface area contributed by atoms with Gasteiger partial charge in [-0.1, -0.05) is 37.3 Å². The Morgan fingerprint density at radius 1 is 1.36 bits per heavy atom. The molecular formula is C20H26N2O3. The molecule has 0 radical (unpaired) electrons. The molecule has 0 saturated carbocycles. The molecular weight excluding hydrogens is 316 g/mol. The molecule has 2 aromatic rings. The van der Waals surface area contributed by atoms with E-state index in [1.165, 1.54) is 5.56 Å². The zero-order valence-electron chi connectivity index (χ0n) is 14.9. The predicted molar refractivity (Wildman–Crippen MR) is 96.4 cm³/mol. The number of hydrogen-bond donors (Lipinski definition) is 2. The molecule has 0 aliphatic carbocycles. The summed E-state index contributed by atoms with van der Waals surface area (Å²) >= 11 is 0. The Kier molecular flexibility index (Phi) is 5.56. The number of nitrogens with zero attached hydrogens (tertiary/aromatic N) is 1. The van der Waals surface area contributed by atoms with Crippen LogP contribution in [0.4, 0.5) is 0 Å². The van der Waals surface area contributed by atoms with Gasteiger partial charge in [0.15, 0.2) is 5.76 Å². The molecule has 2 N–H and O–H groups in total. The molecule has 0 spiro atoms. The molecule has 2 heterocycles. The smallest absolute Gasteiger partial charge is 0.287 e. The number of β-amino-alcohol motifs (C(OH)–C–C–N with tert-alkyl or cyclic N) is 1. The first kappa shape index (κ1) is 17.7. The van der Waals surface area contributed by atoms with Crippen molar-refractivity contribution >= 4 is 5.91 Å². The number of hydrogen-bond acceptors (Lipinski definition) is 4. The van der Waals surface area contributed by atoms with Crippen molar-refractivity contribution in [2.75, 3.05) is 13.1 Å². The molecule has 134 valence electrons. The maximum absolute atomic E-state index is 12.4. The Bertz CT molecular complexity index is 711. The fourth-order valence-electron chi connectivity index (χ4n) is 3.42. The van der Waals surface area contributed by atoms with Gasteiger partial charge in [-0.05, 0) is 25.0 Å². The SMILES string of the molecule is CCc1cc(C)c(C(=O)NCC2CC(O)CN2Cc2ccccc2)o1. The number of rotatable bonds is 6. The fraction of sp³-hybridized carbons (Fsp3) is 0.450. The third-order valence-electron chi connectivity index (χ3n) is 4.76. The van der Waals surface area contributed by atoms with Crippen LogP contribution >= 0.6 is 0 Å². The van der Waals surface area contributed by atoms with Gasteiger partial charge >= 0.3 is 0 Å². The predicted octanol–water partition coefficient (Wildman–Crippen LogP) is 2.52. The summed E-state index contributed by atoms with van der Waals surface area (Å²) in [6.45, 7) is 5.80. The van der Waals surface area contributed by atoms with Gasteiger partial charge in [-0.3, -0.25) is 9.69 Å². The first-order valence-electron chi connectivity index (χ1n) is 8.90. The highest BCUT2D eigenvalue weighted by atomic mass is 16.4. The van der Waals surface area contributed by atoms with Crippen molar-refractivity contribution in [1.82, 2.24) is 10.2 Å². The van der Waals surface area contributed by atoms with E-state index >= 15 is 0 Å². The molecule has 1 aliphatic rings. The topological polar surface area (TPSA) is 65.7 Å². The monoisotopic (exact) mass is 342 g/mol. The normalized spacial score (nSPS) is 20.8. The maximum Gasteiger partial charge on any atom is 0.287 e. The first-order chi connectivity index (χ1) is 12.1. The molecule has 2 atom stereocenters. The van der Waals surface area contributed by atoms with E-state index in [4.69, 9.17) is 4.42 Å². The van der Waals surface area contributed by atoms with Crippen LogP contribution in [0.5, 0.6) is 0 Å². The lowest BCUT2D eigenvalue weighted by atomic mass is 10.1. The number of carbonyl (C=O) groups is 1. The van der Waals surface area contributed by atoms with E-state index in [2.05, 4.69) is 22.3 Å². The van der Waals surface area contributed by atoms with Crippen molar-refractivity contribution in [3.63, 3.8) is 0 Å². The van der Waals surface area contributed by atoms with Crippen LogP contribution < -0.4 is 5.32 Å². The van der Waals surface area contributed by atoms with Crippen LogP contribution in [0.3, 0.4) is 0 Å². The van der Waals surface area contributed by atoms with Crippen molar-refractivity contribution in [1.29, 1.82) is 0 Å². The number of benzene rings is 1. The molecule has 0 bridgehead atoms. The van der Waals surface area contributed by atoms with Crippen LogP contribution in [0.25, 0.3) is 0 Å². The molecule has 5 nitrogen and oxygen atoms in total. The van der Waals surface area contributed by atoms with Crippen LogP contribution in [0.2, 0.25) is 0 Å². The number of aliphatic hydroxyl groups excluding tert-OH is 1. The molecule has 1 fully saturated rings. The second-order valence-corrected chi connectivity index (χ2v) is 6.75. The molecule has 1 aliphatic heterocycles. The highest BCUT2D eigenvalue weighted by molar-refractivity contribution is 5.92. The second kappa shape index (κ2) is 7.85. The summed E-state index contributed by atoms with van der Waals surface area (Å²) in [7, 11) is 0. The molecule has 5 heteroatoms. The largest absolute Gasteiger partial charge is 0.456 e. The van der Waals surface area contributed by atoms with Gasteiger partial charge < -0.3 is 14.8 Å². The van der Waals surface area contributed by atoms with Gasteiger partial charge in [-0.25, -0.2) is 0 Å². The Balaban J connectivity index is 1.60. The molecule has 2 unspecified atom stereocenters. The standard InChI is InChI=1S/C20H26N2O3/c1-3-18-9-14(2)19(25-18)20(24)21-11-16-10-17(23)13-22(16)12-15-7-5-4-6-8-15/h4-9,16-17,23H,3,10-13H2,1-2H3,(H,21,24). The second-order valence-electron chi connectivity index (χ2n) is 6.75. The molecule has 25 heavy (non-hydrogen) atoms. The Morgan fingerprint density at radius 2 is 2.12 bits per heavy atom. The van der Waals surface area contributed by atoms with E-state index in [0.29, 0.717) is 25.3 Å². The molecule has 3 rings (SSSR count). The number of likely N-dealkylation sites (tertiary alicyclic amines) is 1. The minimum atomic E-state index is -0.345. The van der Waals surface area contributed by atoms with Crippen molar-refractivity contribution < 1.29 is 14.3 Å². The zero-order valence-corrected chi connectivity index (χ0v) is 14.9. The zero-order chi connectivity index (χ0) is 17.8. The summed E-state index contributed by atoms with van der Waals surface area (Å²) in [5.41, 5.74) is 2.07. The van der Waals surface area contributed by atoms with Crippen molar-refractivity contribution in [2.45, 2.75) is 45.4 Å². The lowest BCUT2D eigenvalue weighted by Crippen LogP contribution is -2.39. The quantitative estimate of drug-likeness (QED) is 0.847. The van der Waals surface area contributed by atoms with Gasteiger partial charge in [-0.15, -0.1) is 0 Å². The summed E-state index contributed by atoms with van der Waals surface area (Å²) in [6.07, 6.45) is 1.10. The van der Waals surface area contributed by atoms with E-state index in [1.54, 1.807) is 0 Å². The van der Waals surface area contributed by atoms with Gasteiger partial charge in [0.1, 0.15) is 5.76 Å².